The largest absolute Gasteiger partial charge is 0.481 e. The van der Waals surface area contributed by atoms with Crippen LogP contribution in [0.25, 0.3) is 0 Å². The maximum Gasteiger partial charge on any atom is 0.304 e. The molecule has 0 unspecified atom stereocenters. The van der Waals surface area contributed by atoms with Gasteiger partial charge in [0.1, 0.15) is 0 Å². The summed E-state index contributed by atoms with van der Waals surface area (Å²) in [6, 6.07) is 8.17. The zero-order valence-corrected chi connectivity index (χ0v) is 12.1. The molecule has 1 aromatic carbocycles. The third-order valence-electron chi connectivity index (χ3n) is 2.97. The van der Waals surface area contributed by atoms with Gasteiger partial charge in [0.05, 0.1) is 6.42 Å². The Morgan fingerprint density at radius 2 is 1.85 bits per heavy atom. The lowest BCUT2D eigenvalue weighted by Crippen LogP contribution is -2.34. The molecule has 0 fully saturated rings. The number of rotatable bonds is 8. The summed E-state index contributed by atoms with van der Waals surface area (Å²) in [6.07, 6.45) is 0.103. The summed E-state index contributed by atoms with van der Waals surface area (Å²) in [7, 11) is 0. The van der Waals surface area contributed by atoms with E-state index < -0.39 is 5.97 Å². The van der Waals surface area contributed by atoms with Crippen molar-refractivity contribution < 1.29 is 14.7 Å². The second-order valence-electron chi connectivity index (χ2n) is 4.89. The van der Waals surface area contributed by atoms with Gasteiger partial charge in [-0.15, -0.1) is 0 Å². The number of nitrogens with one attached hydrogen (secondary N) is 1. The van der Waals surface area contributed by atoms with E-state index in [2.05, 4.69) is 5.32 Å². The second-order valence-corrected chi connectivity index (χ2v) is 4.89. The van der Waals surface area contributed by atoms with Crippen molar-refractivity contribution in [2.24, 2.45) is 0 Å². The van der Waals surface area contributed by atoms with Crippen molar-refractivity contribution in [2.75, 3.05) is 19.6 Å². The molecular formula is C15H22N2O3. The van der Waals surface area contributed by atoms with Crippen molar-refractivity contribution in [2.45, 2.75) is 26.8 Å². The lowest BCUT2D eigenvalue weighted by molar-refractivity contribution is -0.137. The molecule has 5 nitrogen and oxygen atoms in total. The van der Waals surface area contributed by atoms with Crippen LogP contribution >= 0.6 is 0 Å². The maximum absolute atomic E-state index is 10.9. The summed E-state index contributed by atoms with van der Waals surface area (Å²) in [5.41, 5.74) is 2.34. The molecule has 1 rings (SSSR count). The first kappa shape index (κ1) is 16.2. The van der Waals surface area contributed by atoms with Gasteiger partial charge in [0, 0.05) is 33.1 Å². The van der Waals surface area contributed by atoms with Crippen LogP contribution in [0, 0.1) is 6.92 Å². The molecule has 0 spiro atoms. The van der Waals surface area contributed by atoms with Crippen molar-refractivity contribution in [3.8, 4) is 0 Å². The van der Waals surface area contributed by atoms with E-state index in [1.807, 2.05) is 36.1 Å². The molecule has 0 radical (unpaired) electrons. The van der Waals surface area contributed by atoms with Gasteiger partial charge in [-0.25, -0.2) is 0 Å². The number of carboxylic acid groups (broad SMARTS) is 1. The Balaban J connectivity index is 2.53. The zero-order valence-electron chi connectivity index (χ0n) is 12.1. The molecule has 0 saturated heterocycles. The molecule has 0 atom stereocenters. The van der Waals surface area contributed by atoms with E-state index in [9.17, 15) is 9.59 Å². The number of amides is 1. The Hall–Kier alpha value is -1.88. The summed E-state index contributed by atoms with van der Waals surface area (Å²) >= 11 is 0. The fourth-order valence-electron chi connectivity index (χ4n) is 1.87. The Morgan fingerprint density at radius 1 is 1.20 bits per heavy atom. The van der Waals surface area contributed by atoms with E-state index in [-0.39, 0.29) is 12.3 Å². The molecule has 0 aliphatic rings. The fraction of sp³-hybridized carbons (Fsp3) is 0.467. The lowest BCUT2D eigenvalue weighted by Gasteiger charge is -2.21. The quantitative estimate of drug-likeness (QED) is 0.754. The number of aliphatic carboxylic acids is 1. The summed E-state index contributed by atoms with van der Waals surface area (Å²) in [4.78, 5) is 23.6. The smallest absolute Gasteiger partial charge is 0.304 e. The molecule has 0 aliphatic carbocycles. The first-order chi connectivity index (χ1) is 9.47. The van der Waals surface area contributed by atoms with Crippen molar-refractivity contribution >= 4 is 11.9 Å². The lowest BCUT2D eigenvalue weighted by atomic mass is 10.1. The Kier molecular flexibility index (Phi) is 6.73. The van der Waals surface area contributed by atoms with Crippen LogP contribution in [0.3, 0.4) is 0 Å². The van der Waals surface area contributed by atoms with Crippen LogP contribution in [0.2, 0.25) is 0 Å². The van der Waals surface area contributed by atoms with Gasteiger partial charge < -0.3 is 10.4 Å². The molecule has 20 heavy (non-hydrogen) atoms. The van der Waals surface area contributed by atoms with Crippen LogP contribution in [0.1, 0.15) is 24.5 Å². The minimum Gasteiger partial charge on any atom is -0.481 e. The number of hydrogen-bond acceptors (Lipinski definition) is 3. The van der Waals surface area contributed by atoms with Crippen LogP contribution < -0.4 is 5.32 Å². The van der Waals surface area contributed by atoms with E-state index in [4.69, 9.17) is 5.11 Å². The predicted octanol–water partition coefficient (Wildman–Crippen LogP) is 1.41. The molecule has 110 valence electrons. The van der Waals surface area contributed by atoms with Crippen molar-refractivity contribution in [3.05, 3.63) is 35.4 Å². The van der Waals surface area contributed by atoms with Crippen LogP contribution in [-0.4, -0.2) is 41.5 Å². The number of carboxylic acids is 1. The highest BCUT2D eigenvalue weighted by molar-refractivity contribution is 5.72. The minimum atomic E-state index is -0.807. The van der Waals surface area contributed by atoms with Crippen LogP contribution in [0.15, 0.2) is 24.3 Å². The van der Waals surface area contributed by atoms with Crippen LogP contribution in [0.5, 0.6) is 0 Å². The number of benzene rings is 1. The standard InChI is InChI=1S/C15H22N2O3/c1-12-3-5-14(6-4-12)11-17(9-7-15(19)20)10-8-16-13(2)18/h3-6H,7-11H2,1-2H3,(H,16,18)(H,19,20). The molecule has 5 heteroatoms. The van der Waals surface area contributed by atoms with Gasteiger partial charge in [-0.3, -0.25) is 14.5 Å². The van der Waals surface area contributed by atoms with Gasteiger partial charge >= 0.3 is 5.97 Å². The number of carbonyl (C=O) groups excluding carboxylic acids is 1. The number of carbonyl (C=O) groups is 2. The van der Waals surface area contributed by atoms with E-state index in [1.54, 1.807) is 0 Å². The molecule has 1 aromatic rings. The van der Waals surface area contributed by atoms with Gasteiger partial charge in [0.15, 0.2) is 0 Å². The third-order valence-corrected chi connectivity index (χ3v) is 2.97. The molecule has 0 aromatic heterocycles. The summed E-state index contributed by atoms with van der Waals surface area (Å²) in [5, 5.41) is 11.5. The Bertz CT molecular complexity index is 443. The first-order valence-corrected chi connectivity index (χ1v) is 6.71. The number of hydrogen-bond donors (Lipinski definition) is 2. The van der Waals surface area contributed by atoms with Gasteiger partial charge in [0.2, 0.25) is 5.91 Å². The number of aryl methyl sites for hydroxylation is 1. The zero-order chi connectivity index (χ0) is 15.0. The summed E-state index contributed by atoms with van der Waals surface area (Å²) in [5.74, 6) is -0.878. The monoisotopic (exact) mass is 278 g/mol. The van der Waals surface area contributed by atoms with E-state index in [1.165, 1.54) is 12.5 Å². The third kappa shape index (κ3) is 6.89. The molecular weight excluding hydrogens is 256 g/mol. The normalized spacial score (nSPS) is 10.6. The van der Waals surface area contributed by atoms with E-state index in [0.29, 0.717) is 26.2 Å². The molecule has 0 saturated carbocycles. The molecule has 0 heterocycles. The SMILES string of the molecule is CC(=O)NCCN(CCC(=O)O)Cc1ccc(C)cc1. The fourth-order valence-corrected chi connectivity index (χ4v) is 1.87. The highest BCUT2D eigenvalue weighted by atomic mass is 16.4. The van der Waals surface area contributed by atoms with Gasteiger partial charge in [-0.2, -0.15) is 0 Å². The molecule has 0 aliphatic heterocycles. The van der Waals surface area contributed by atoms with E-state index >= 15 is 0 Å². The summed E-state index contributed by atoms with van der Waals surface area (Å²) in [6.45, 7) is 5.84. The average molecular weight is 278 g/mol. The van der Waals surface area contributed by atoms with E-state index in [0.717, 1.165) is 5.56 Å². The highest BCUT2D eigenvalue weighted by Crippen LogP contribution is 2.07. The molecule has 0 bridgehead atoms. The Labute approximate surface area is 119 Å². The molecule has 1 amide bonds. The van der Waals surface area contributed by atoms with Gasteiger partial charge in [-0.05, 0) is 12.5 Å². The minimum absolute atomic E-state index is 0.0708. The highest BCUT2D eigenvalue weighted by Gasteiger charge is 2.08. The van der Waals surface area contributed by atoms with Crippen molar-refractivity contribution in [1.29, 1.82) is 0 Å². The first-order valence-electron chi connectivity index (χ1n) is 6.71. The average Bonchev–Trinajstić information content (AvgIpc) is 2.37. The topological polar surface area (TPSA) is 69.6 Å². The van der Waals surface area contributed by atoms with Crippen LogP contribution in [0.4, 0.5) is 0 Å². The van der Waals surface area contributed by atoms with Gasteiger partial charge in [0.25, 0.3) is 0 Å². The summed E-state index contributed by atoms with van der Waals surface area (Å²) < 4.78 is 0. The number of nitrogens with zero attached hydrogens (tertiary/aromatic N) is 1. The molecule has 2 N–H and O–H groups in total. The van der Waals surface area contributed by atoms with Gasteiger partial charge in [-0.1, -0.05) is 29.8 Å². The van der Waals surface area contributed by atoms with Crippen molar-refractivity contribution in [3.63, 3.8) is 0 Å². The Morgan fingerprint density at radius 3 is 2.40 bits per heavy atom. The van der Waals surface area contributed by atoms with Crippen LogP contribution in [-0.2, 0) is 16.1 Å². The predicted molar refractivity (Wildman–Crippen MR) is 77.4 cm³/mol. The maximum atomic E-state index is 10.9. The van der Waals surface area contributed by atoms with Crippen molar-refractivity contribution in [1.82, 2.24) is 10.2 Å². The second kappa shape index (κ2) is 8.32.